The van der Waals surface area contributed by atoms with Gasteiger partial charge in [-0.2, -0.15) is 4.98 Å². The fourth-order valence-corrected chi connectivity index (χ4v) is 3.09. The van der Waals surface area contributed by atoms with Crippen molar-refractivity contribution in [1.82, 2.24) is 9.97 Å². The Bertz CT molecular complexity index is 683. The molecular formula is C17H20N2O2. The Morgan fingerprint density at radius 2 is 1.90 bits per heavy atom. The molecule has 1 saturated carbocycles. The van der Waals surface area contributed by atoms with Crippen LogP contribution in [-0.2, 0) is 6.42 Å². The van der Waals surface area contributed by atoms with Gasteiger partial charge in [-0.15, -0.1) is 0 Å². The van der Waals surface area contributed by atoms with E-state index in [1.807, 2.05) is 24.3 Å². The molecule has 1 fully saturated rings. The zero-order valence-electron chi connectivity index (χ0n) is 12.2. The van der Waals surface area contributed by atoms with E-state index in [2.05, 4.69) is 16.9 Å². The van der Waals surface area contributed by atoms with Gasteiger partial charge in [0.1, 0.15) is 5.82 Å². The van der Waals surface area contributed by atoms with Crippen LogP contribution < -0.4 is 5.56 Å². The third kappa shape index (κ3) is 2.71. The maximum absolute atomic E-state index is 12.3. The van der Waals surface area contributed by atoms with Crippen LogP contribution in [0.25, 0.3) is 11.4 Å². The lowest BCUT2D eigenvalue weighted by atomic mass is 10.00. The van der Waals surface area contributed by atoms with Crippen molar-refractivity contribution >= 4 is 0 Å². The minimum absolute atomic E-state index is 0.111. The molecule has 0 spiro atoms. The van der Waals surface area contributed by atoms with E-state index < -0.39 is 0 Å². The van der Waals surface area contributed by atoms with E-state index in [-0.39, 0.29) is 17.4 Å². The fourth-order valence-electron chi connectivity index (χ4n) is 3.09. The zero-order chi connectivity index (χ0) is 14.8. The number of nitrogens with one attached hydrogen (secondary N) is 1. The molecule has 2 N–H and O–H groups in total. The SMILES string of the molecule is CCc1ccc(-c2nc(O)c(C3CCCC3)c(=O)[nH]2)cc1. The van der Waals surface area contributed by atoms with Crippen molar-refractivity contribution in [2.24, 2.45) is 0 Å². The molecular weight excluding hydrogens is 264 g/mol. The van der Waals surface area contributed by atoms with Crippen LogP contribution in [-0.4, -0.2) is 15.1 Å². The van der Waals surface area contributed by atoms with Crippen molar-refractivity contribution in [3.05, 3.63) is 45.7 Å². The molecule has 21 heavy (non-hydrogen) atoms. The first kappa shape index (κ1) is 13.9. The highest BCUT2D eigenvalue weighted by atomic mass is 16.3. The van der Waals surface area contributed by atoms with E-state index in [4.69, 9.17) is 0 Å². The second-order valence-electron chi connectivity index (χ2n) is 5.68. The first-order valence-corrected chi connectivity index (χ1v) is 7.61. The smallest absolute Gasteiger partial charge is 0.258 e. The molecule has 4 nitrogen and oxygen atoms in total. The fraction of sp³-hybridized carbons (Fsp3) is 0.412. The summed E-state index contributed by atoms with van der Waals surface area (Å²) in [6.45, 7) is 2.09. The number of H-pyrrole nitrogens is 1. The summed E-state index contributed by atoms with van der Waals surface area (Å²) in [5, 5.41) is 10.2. The van der Waals surface area contributed by atoms with Crippen LogP contribution in [0, 0.1) is 0 Å². The van der Waals surface area contributed by atoms with Gasteiger partial charge in [-0.1, -0.05) is 44.0 Å². The highest BCUT2D eigenvalue weighted by Gasteiger charge is 2.24. The van der Waals surface area contributed by atoms with Gasteiger partial charge in [0.2, 0.25) is 5.88 Å². The molecule has 0 aliphatic heterocycles. The number of aromatic amines is 1. The summed E-state index contributed by atoms with van der Waals surface area (Å²) in [6.07, 6.45) is 5.12. The molecule has 3 rings (SSSR count). The van der Waals surface area contributed by atoms with E-state index in [9.17, 15) is 9.90 Å². The Hall–Kier alpha value is -2.10. The molecule has 0 amide bonds. The summed E-state index contributed by atoms with van der Waals surface area (Å²) in [5.41, 5.74) is 2.30. The number of aromatic nitrogens is 2. The molecule has 0 bridgehead atoms. The monoisotopic (exact) mass is 284 g/mol. The standard InChI is InChI=1S/C17H20N2O2/c1-2-11-7-9-13(10-8-11)15-18-16(20)14(17(21)19-15)12-5-3-4-6-12/h7-10,12H,2-6H2,1H3,(H2,18,19,20,21). The number of nitrogens with zero attached hydrogens (tertiary/aromatic N) is 1. The summed E-state index contributed by atoms with van der Waals surface area (Å²) in [5.74, 6) is 0.472. The van der Waals surface area contributed by atoms with E-state index in [0.717, 1.165) is 37.7 Å². The number of rotatable bonds is 3. The lowest BCUT2D eigenvalue weighted by Gasteiger charge is -2.11. The normalized spacial score (nSPS) is 15.5. The first-order valence-electron chi connectivity index (χ1n) is 7.61. The van der Waals surface area contributed by atoms with E-state index in [1.165, 1.54) is 5.56 Å². The third-order valence-electron chi connectivity index (χ3n) is 4.33. The van der Waals surface area contributed by atoms with Gasteiger partial charge in [-0.25, -0.2) is 0 Å². The van der Waals surface area contributed by atoms with Gasteiger partial charge in [0.05, 0.1) is 5.56 Å². The molecule has 1 aromatic heterocycles. The molecule has 2 aromatic rings. The Kier molecular flexibility index (Phi) is 3.78. The predicted octanol–water partition coefficient (Wildman–Crippen LogP) is 3.36. The molecule has 1 aliphatic rings. The topological polar surface area (TPSA) is 66.0 Å². The summed E-state index contributed by atoms with van der Waals surface area (Å²) < 4.78 is 0. The highest BCUT2D eigenvalue weighted by Crippen LogP contribution is 2.35. The quantitative estimate of drug-likeness (QED) is 0.908. The molecule has 0 unspecified atom stereocenters. The Morgan fingerprint density at radius 1 is 1.24 bits per heavy atom. The minimum Gasteiger partial charge on any atom is -0.493 e. The van der Waals surface area contributed by atoms with Gasteiger partial charge in [0.25, 0.3) is 5.56 Å². The average Bonchev–Trinajstić information content (AvgIpc) is 3.00. The summed E-state index contributed by atoms with van der Waals surface area (Å²) >= 11 is 0. The molecule has 0 radical (unpaired) electrons. The van der Waals surface area contributed by atoms with Crippen molar-refractivity contribution in [2.45, 2.75) is 44.9 Å². The van der Waals surface area contributed by atoms with Gasteiger partial charge in [-0.05, 0) is 30.7 Å². The summed E-state index contributed by atoms with van der Waals surface area (Å²) in [4.78, 5) is 19.3. The van der Waals surface area contributed by atoms with Crippen LogP contribution in [0.5, 0.6) is 5.88 Å². The molecule has 1 aromatic carbocycles. The summed E-state index contributed by atoms with van der Waals surface area (Å²) in [7, 11) is 0. The summed E-state index contributed by atoms with van der Waals surface area (Å²) in [6, 6.07) is 7.87. The van der Waals surface area contributed by atoms with Crippen LogP contribution in [0.2, 0.25) is 0 Å². The van der Waals surface area contributed by atoms with Crippen LogP contribution in [0.1, 0.15) is 49.7 Å². The van der Waals surface area contributed by atoms with Crippen LogP contribution in [0.3, 0.4) is 0 Å². The lowest BCUT2D eigenvalue weighted by molar-refractivity contribution is 0.436. The van der Waals surface area contributed by atoms with Crippen molar-refractivity contribution < 1.29 is 5.11 Å². The van der Waals surface area contributed by atoms with Crippen molar-refractivity contribution in [3.63, 3.8) is 0 Å². The van der Waals surface area contributed by atoms with Crippen molar-refractivity contribution in [1.29, 1.82) is 0 Å². The Morgan fingerprint density at radius 3 is 2.48 bits per heavy atom. The molecule has 1 aliphatic carbocycles. The molecule has 110 valence electrons. The maximum Gasteiger partial charge on any atom is 0.258 e. The highest BCUT2D eigenvalue weighted by molar-refractivity contribution is 5.56. The van der Waals surface area contributed by atoms with Gasteiger partial charge in [0.15, 0.2) is 0 Å². The van der Waals surface area contributed by atoms with Gasteiger partial charge in [-0.3, -0.25) is 4.79 Å². The Labute approximate surface area is 123 Å². The molecule has 1 heterocycles. The second-order valence-corrected chi connectivity index (χ2v) is 5.68. The number of benzene rings is 1. The van der Waals surface area contributed by atoms with Gasteiger partial charge in [0, 0.05) is 5.56 Å². The number of hydrogen-bond donors (Lipinski definition) is 2. The Balaban J connectivity index is 1.99. The number of aromatic hydroxyl groups is 1. The van der Waals surface area contributed by atoms with Crippen molar-refractivity contribution in [2.75, 3.05) is 0 Å². The molecule has 0 atom stereocenters. The third-order valence-corrected chi connectivity index (χ3v) is 4.33. The number of aryl methyl sites for hydroxylation is 1. The van der Waals surface area contributed by atoms with Gasteiger partial charge < -0.3 is 10.1 Å². The molecule has 4 heteroatoms. The van der Waals surface area contributed by atoms with Crippen LogP contribution in [0.15, 0.2) is 29.1 Å². The number of hydrogen-bond acceptors (Lipinski definition) is 3. The largest absolute Gasteiger partial charge is 0.493 e. The first-order chi connectivity index (χ1) is 10.2. The average molecular weight is 284 g/mol. The van der Waals surface area contributed by atoms with E-state index in [0.29, 0.717) is 11.4 Å². The molecule has 0 saturated heterocycles. The van der Waals surface area contributed by atoms with E-state index in [1.54, 1.807) is 0 Å². The van der Waals surface area contributed by atoms with E-state index >= 15 is 0 Å². The zero-order valence-corrected chi connectivity index (χ0v) is 12.2. The van der Waals surface area contributed by atoms with Crippen LogP contribution in [0.4, 0.5) is 0 Å². The van der Waals surface area contributed by atoms with Crippen LogP contribution >= 0.6 is 0 Å². The minimum atomic E-state index is -0.205. The lowest BCUT2D eigenvalue weighted by Crippen LogP contribution is -2.17. The predicted molar refractivity (Wildman–Crippen MR) is 82.5 cm³/mol. The second kappa shape index (κ2) is 5.72. The van der Waals surface area contributed by atoms with Gasteiger partial charge >= 0.3 is 0 Å². The maximum atomic E-state index is 12.3. The van der Waals surface area contributed by atoms with Crippen molar-refractivity contribution in [3.8, 4) is 17.3 Å².